The molecule has 20 heavy (non-hydrogen) atoms. The number of imidazole rings is 1. The number of nitrogens with two attached hydrogens (primary N) is 1. The van der Waals surface area contributed by atoms with Crippen molar-refractivity contribution in [3.63, 3.8) is 0 Å². The third-order valence-corrected chi connectivity index (χ3v) is 3.54. The molecular formula is C13H15N7. The first kappa shape index (κ1) is 12.4. The van der Waals surface area contributed by atoms with Crippen LogP contribution in [0.5, 0.6) is 0 Å². The van der Waals surface area contributed by atoms with Crippen LogP contribution in [0, 0.1) is 11.3 Å². The topological polar surface area (TPSA) is 108 Å². The largest absolute Gasteiger partial charge is 0.382 e. The molecule has 1 atom stereocenters. The highest BCUT2D eigenvalue weighted by Crippen LogP contribution is 2.26. The zero-order chi connectivity index (χ0) is 13.9. The molecule has 3 N–H and O–H groups in total. The first-order valence-electron chi connectivity index (χ1n) is 6.55. The van der Waals surface area contributed by atoms with Crippen molar-refractivity contribution in [2.75, 3.05) is 23.7 Å². The summed E-state index contributed by atoms with van der Waals surface area (Å²) in [5.41, 5.74) is 6.06. The average Bonchev–Trinajstić information content (AvgIpc) is 3.01. The summed E-state index contributed by atoms with van der Waals surface area (Å²) in [6, 6.07) is 1.97. The number of aromatic nitrogens is 4. The number of H-pyrrole nitrogens is 1. The van der Waals surface area contributed by atoms with E-state index < -0.39 is 0 Å². The lowest BCUT2D eigenvalue weighted by Gasteiger charge is -2.31. The second-order valence-corrected chi connectivity index (χ2v) is 4.84. The van der Waals surface area contributed by atoms with Crippen molar-refractivity contribution in [3.8, 4) is 6.07 Å². The molecule has 0 aliphatic carbocycles. The molecule has 2 aromatic rings. The van der Waals surface area contributed by atoms with E-state index in [1.165, 1.54) is 6.20 Å². The molecule has 102 valence electrons. The Kier molecular flexibility index (Phi) is 3.21. The van der Waals surface area contributed by atoms with Crippen molar-refractivity contribution >= 4 is 11.8 Å². The molecule has 0 unspecified atom stereocenters. The number of aromatic amines is 1. The van der Waals surface area contributed by atoms with Gasteiger partial charge in [-0.25, -0.2) is 9.97 Å². The van der Waals surface area contributed by atoms with Gasteiger partial charge in [-0.15, -0.1) is 0 Å². The Morgan fingerprint density at radius 2 is 2.35 bits per heavy atom. The molecule has 1 saturated heterocycles. The maximum absolute atomic E-state index is 8.85. The van der Waals surface area contributed by atoms with Crippen LogP contribution in [0.1, 0.15) is 30.1 Å². The quantitative estimate of drug-likeness (QED) is 0.843. The average molecular weight is 269 g/mol. The number of rotatable bonds is 2. The van der Waals surface area contributed by atoms with E-state index in [-0.39, 0.29) is 5.82 Å². The van der Waals surface area contributed by atoms with Crippen LogP contribution in [0.15, 0.2) is 18.6 Å². The molecule has 0 spiro atoms. The van der Waals surface area contributed by atoms with E-state index in [2.05, 4.69) is 24.8 Å². The van der Waals surface area contributed by atoms with Gasteiger partial charge in [-0.1, -0.05) is 0 Å². The molecule has 3 heterocycles. The standard InChI is InChI=1S/C13H15N7/c14-6-10-7-18-13(19-11(10)15)20-5-1-2-9(8-20)12-16-3-4-17-12/h3-4,7,9H,1-2,5,8H2,(H,16,17)(H2,15,18,19)/t9-/m1/s1. The Labute approximate surface area is 116 Å². The van der Waals surface area contributed by atoms with Gasteiger partial charge in [0.15, 0.2) is 0 Å². The van der Waals surface area contributed by atoms with E-state index in [9.17, 15) is 0 Å². The van der Waals surface area contributed by atoms with Crippen molar-refractivity contribution in [3.05, 3.63) is 30.0 Å². The van der Waals surface area contributed by atoms with Crippen LogP contribution >= 0.6 is 0 Å². The summed E-state index contributed by atoms with van der Waals surface area (Å²) in [4.78, 5) is 18.0. The summed E-state index contributed by atoms with van der Waals surface area (Å²) in [7, 11) is 0. The molecule has 7 heteroatoms. The summed E-state index contributed by atoms with van der Waals surface area (Å²) in [6.07, 6.45) is 7.23. The first-order chi connectivity index (χ1) is 9.78. The first-order valence-corrected chi connectivity index (χ1v) is 6.55. The van der Waals surface area contributed by atoms with E-state index in [4.69, 9.17) is 11.0 Å². The van der Waals surface area contributed by atoms with Crippen LogP contribution in [0.2, 0.25) is 0 Å². The van der Waals surface area contributed by atoms with Gasteiger partial charge in [0, 0.05) is 31.4 Å². The van der Waals surface area contributed by atoms with E-state index in [0.717, 1.165) is 31.8 Å². The fraction of sp³-hybridized carbons (Fsp3) is 0.385. The Hall–Kier alpha value is -2.62. The van der Waals surface area contributed by atoms with E-state index in [1.807, 2.05) is 12.3 Å². The fourth-order valence-corrected chi connectivity index (χ4v) is 2.51. The molecule has 0 amide bonds. The molecule has 3 rings (SSSR count). The van der Waals surface area contributed by atoms with Crippen molar-refractivity contribution in [1.29, 1.82) is 5.26 Å². The van der Waals surface area contributed by atoms with Gasteiger partial charge in [0.25, 0.3) is 0 Å². The third-order valence-electron chi connectivity index (χ3n) is 3.54. The number of nitrogen functional groups attached to an aromatic ring is 1. The van der Waals surface area contributed by atoms with Gasteiger partial charge in [-0.3, -0.25) is 0 Å². The van der Waals surface area contributed by atoms with Gasteiger partial charge >= 0.3 is 0 Å². The highest BCUT2D eigenvalue weighted by Gasteiger charge is 2.24. The number of nitriles is 1. The summed E-state index contributed by atoms with van der Waals surface area (Å²) in [5.74, 6) is 2.16. The van der Waals surface area contributed by atoms with Crippen LogP contribution in [-0.4, -0.2) is 33.0 Å². The Morgan fingerprint density at radius 3 is 3.05 bits per heavy atom. The van der Waals surface area contributed by atoms with Crippen molar-refractivity contribution in [1.82, 2.24) is 19.9 Å². The second-order valence-electron chi connectivity index (χ2n) is 4.84. The minimum Gasteiger partial charge on any atom is -0.382 e. The minimum absolute atomic E-state index is 0.234. The summed E-state index contributed by atoms with van der Waals surface area (Å²) < 4.78 is 0. The Balaban J connectivity index is 1.80. The maximum Gasteiger partial charge on any atom is 0.227 e. The lowest BCUT2D eigenvalue weighted by Crippen LogP contribution is -2.36. The number of hydrogen-bond acceptors (Lipinski definition) is 6. The van der Waals surface area contributed by atoms with E-state index >= 15 is 0 Å². The number of nitrogens with one attached hydrogen (secondary N) is 1. The lowest BCUT2D eigenvalue weighted by atomic mass is 9.98. The maximum atomic E-state index is 8.85. The molecule has 1 aliphatic rings. The summed E-state index contributed by atoms with van der Waals surface area (Å²) >= 11 is 0. The van der Waals surface area contributed by atoms with Crippen LogP contribution < -0.4 is 10.6 Å². The Morgan fingerprint density at radius 1 is 1.45 bits per heavy atom. The van der Waals surface area contributed by atoms with Gasteiger partial charge in [0.2, 0.25) is 5.95 Å². The van der Waals surface area contributed by atoms with Gasteiger partial charge in [0.05, 0.1) is 6.20 Å². The highest BCUT2D eigenvalue weighted by molar-refractivity contribution is 5.50. The predicted octanol–water partition coefficient (Wildman–Crippen LogP) is 1.04. The molecule has 0 aromatic carbocycles. The molecule has 0 radical (unpaired) electrons. The zero-order valence-corrected chi connectivity index (χ0v) is 11.0. The Bertz CT molecular complexity index is 629. The van der Waals surface area contributed by atoms with Crippen LogP contribution in [0.3, 0.4) is 0 Å². The number of anilines is 2. The van der Waals surface area contributed by atoms with Crippen LogP contribution in [-0.2, 0) is 0 Å². The van der Waals surface area contributed by atoms with Crippen LogP contribution in [0.4, 0.5) is 11.8 Å². The smallest absolute Gasteiger partial charge is 0.227 e. The molecule has 7 nitrogen and oxygen atoms in total. The third kappa shape index (κ3) is 2.28. The number of piperidine rings is 1. The monoisotopic (exact) mass is 269 g/mol. The molecule has 1 fully saturated rings. The van der Waals surface area contributed by atoms with Crippen molar-refractivity contribution in [2.24, 2.45) is 0 Å². The van der Waals surface area contributed by atoms with Crippen molar-refractivity contribution in [2.45, 2.75) is 18.8 Å². The number of nitrogens with zero attached hydrogens (tertiary/aromatic N) is 5. The molecule has 2 aromatic heterocycles. The highest BCUT2D eigenvalue weighted by atomic mass is 15.3. The van der Waals surface area contributed by atoms with Gasteiger partial charge in [-0.05, 0) is 12.8 Å². The van der Waals surface area contributed by atoms with Crippen molar-refractivity contribution < 1.29 is 0 Å². The zero-order valence-electron chi connectivity index (χ0n) is 11.0. The normalized spacial score (nSPS) is 18.8. The van der Waals surface area contributed by atoms with Crippen LogP contribution in [0.25, 0.3) is 0 Å². The predicted molar refractivity (Wildman–Crippen MR) is 73.9 cm³/mol. The molecular weight excluding hydrogens is 254 g/mol. The van der Waals surface area contributed by atoms with Gasteiger partial charge in [0.1, 0.15) is 23.3 Å². The molecule has 0 bridgehead atoms. The minimum atomic E-state index is 0.234. The van der Waals surface area contributed by atoms with E-state index in [1.54, 1.807) is 6.20 Å². The lowest BCUT2D eigenvalue weighted by molar-refractivity contribution is 0.488. The molecule has 0 saturated carbocycles. The summed E-state index contributed by atoms with van der Waals surface area (Å²) in [5, 5.41) is 8.85. The molecule has 1 aliphatic heterocycles. The fourth-order valence-electron chi connectivity index (χ4n) is 2.51. The van der Waals surface area contributed by atoms with Gasteiger partial charge < -0.3 is 15.6 Å². The van der Waals surface area contributed by atoms with Gasteiger partial charge in [-0.2, -0.15) is 10.2 Å². The number of hydrogen-bond donors (Lipinski definition) is 2. The van der Waals surface area contributed by atoms with E-state index in [0.29, 0.717) is 17.4 Å². The SMILES string of the molecule is N#Cc1cnc(N2CCC[C@@H](c3ncc[nH]3)C2)nc1N. The summed E-state index contributed by atoms with van der Waals surface area (Å²) in [6.45, 7) is 1.70. The second kappa shape index (κ2) is 5.17.